The van der Waals surface area contributed by atoms with Crippen LogP contribution < -0.4 is 5.73 Å². The van der Waals surface area contributed by atoms with E-state index in [1.165, 1.54) is 19.3 Å². The lowest BCUT2D eigenvalue weighted by atomic mass is 9.93. The van der Waals surface area contributed by atoms with Crippen LogP contribution in [0.4, 0.5) is 5.82 Å². The van der Waals surface area contributed by atoms with Gasteiger partial charge in [-0.25, -0.2) is 0 Å². The van der Waals surface area contributed by atoms with Gasteiger partial charge in [-0.1, -0.05) is 18.2 Å². The molecule has 1 aromatic carbocycles. The molecule has 0 amide bonds. The fraction of sp³-hybridized carbons (Fsp3) is 0.308. The summed E-state index contributed by atoms with van der Waals surface area (Å²) in [6.45, 7) is 0. The van der Waals surface area contributed by atoms with Gasteiger partial charge in [-0.05, 0) is 25.3 Å². The van der Waals surface area contributed by atoms with Crippen LogP contribution in [0.1, 0.15) is 30.9 Å². The second kappa shape index (κ2) is 3.28. The number of para-hydroxylation sites is 1. The fourth-order valence-electron chi connectivity index (χ4n) is 2.44. The van der Waals surface area contributed by atoms with E-state index in [-0.39, 0.29) is 0 Å². The summed E-state index contributed by atoms with van der Waals surface area (Å²) in [5.74, 6) is 0.633. The van der Waals surface area contributed by atoms with Gasteiger partial charge in [-0.3, -0.25) is 0 Å². The van der Waals surface area contributed by atoms with Crippen molar-refractivity contribution in [3.63, 3.8) is 0 Å². The second-order valence-electron chi connectivity index (χ2n) is 4.34. The smallest absolute Gasteiger partial charge is 0.122 e. The molecule has 0 bridgehead atoms. The monoisotopic (exact) mass is 211 g/mol. The zero-order valence-electron chi connectivity index (χ0n) is 8.98. The Morgan fingerprint density at radius 3 is 2.69 bits per heavy atom. The first-order valence-electron chi connectivity index (χ1n) is 5.61. The van der Waals surface area contributed by atoms with Crippen LogP contribution >= 0.6 is 0 Å². The molecule has 0 saturated heterocycles. The van der Waals surface area contributed by atoms with Crippen molar-refractivity contribution in [3.8, 4) is 6.07 Å². The summed E-state index contributed by atoms with van der Waals surface area (Å²) in [7, 11) is 0. The predicted octanol–water partition coefficient (Wildman–Crippen LogP) is 2.82. The van der Waals surface area contributed by atoms with Crippen LogP contribution in [-0.4, -0.2) is 4.57 Å². The molecule has 1 aromatic heterocycles. The van der Waals surface area contributed by atoms with E-state index in [4.69, 9.17) is 11.0 Å². The lowest BCUT2D eigenvalue weighted by Gasteiger charge is -2.29. The van der Waals surface area contributed by atoms with Crippen molar-refractivity contribution in [2.75, 3.05) is 5.73 Å². The molecule has 16 heavy (non-hydrogen) atoms. The standard InChI is InChI=1S/C13H13N3/c14-8-11-10-6-1-2-7-12(10)16(13(11)15)9-4-3-5-9/h1-2,6-7,9H,3-5,15H2. The molecule has 2 aromatic rings. The molecule has 1 aliphatic rings. The first-order valence-corrected chi connectivity index (χ1v) is 5.61. The maximum atomic E-state index is 9.16. The van der Waals surface area contributed by atoms with Crippen LogP contribution in [0.15, 0.2) is 24.3 Å². The van der Waals surface area contributed by atoms with E-state index in [0.717, 1.165) is 10.9 Å². The summed E-state index contributed by atoms with van der Waals surface area (Å²) in [5, 5.41) is 10.1. The van der Waals surface area contributed by atoms with Crippen LogP contribution in [0, 0.1) is 11.3 Å². The number of benzene rings is 1. The summed E-state index contributed by atoms with van der Waals surface area (Å²) in [6.07, 6.45) is 3.61. The van der Waals surface area contributed by atoms with E-state index in [0.29, 0.717) is 17.4 Å². The summed E-state index contributed by atoms with van der Waals surface area (Å²) in [4.78, 5) is 0. The zero-order valence-corrected chi connectivity index (χ0v) is 8.98. The number of nitrogens with zero attached hydrogens (tertiary/aromatic N) is 2. The first kappa shape index (κ1) is 9.29. The normalized spacial score (nSPS) is 15.9. The molecule has 1 saturated carbocycles. The van der Waals surface area contributed by atoms with Gasteiger partial charge in [0.25, 0.3) is 0 Å². The molecule has 0 aliphatic heterocycles. The number of fused-ring (bicyclic) bond motifs is 1. The minimum absolute atomic E-state index is 0.493. The van der Waals surface area contributed by atoms with Crippen molar-refractivity contribution in [2.45, 2.75) is 25.3 Å². The molecule has 1 heterocycles. The summed E-state index contributed by atoms with van der Waals surface area (Å²) >= 11 is 0. The van der Waals surface area contributed by atoms with Gasteiger partial charge in [0, 0.05) is 11.4 Å². The second-order valence-corrected chi connectivity index (χ2v) is 4.34. The summed E-state index contributed by atoms with van der Waals surface area (Å²) < 4.78 is 2.14. The molecule has 3 heteroatoms. The van der Waals surface area contributed by atoms with Crippen molar-refractivity contribution in [3.05, 3.63) is 29.8 Å². The van der Waals surface area contributed by atoms with Crippen molar-refractivity contribution in [2.24, 2.45) is 0 Å². The molecule has 0 radical (unpaired) electrons. The third kappa shape index (κ3) is 1.07. The number of hydrogen-bond acceptors (Lipinski definition) is 2. The highest BCUT2D eigenvalue weighted by Crippen LogP contribution is 2.39. The van der Waals surface area contributed by atoms with E-state index >= 15 is 0 Å². The quantitative estimate of drug-likeness (QED) is 0.788. The van der Waals surface area contributed by atoms with Crippen LogP contribution in [0.25, 0.3) is 10.9 Å². The highest BCUT2D eigenvalue weighted by atomic mass is 15.1. The number of aromatic nitrogens is 1. The van der Waals surface area contributed by atoms with E-state index in [2.05, 4.69) is 10.6 Å². The highest BCUT2D eigenvalue weighted by molar-refractivity contribution is 5.92. The molecule has 0 unspecified atom stereocenters. The molecule has 3 rings (SSSR count). The maximum Gasteiger partial charge on any atom is 0.122 e. The van der Waals surface area contributed by atoms with Gasteiger partial charge >= 0.3 is 0 Å². The van der Waals surface area contributed by atoms with Crippen LogP contribution in [0.2, 0.25) is 0 Å². The molecule has 0 atom stereocenters. The van der Waals surface area contributed by atoms with Crippen molar-refractivity contribution >= 4 is 16.7 Å². The molecule has 80 valence electrons. The average molecular weight is 211 g/mol. The van der Waals surface area contributed by atoms with Crippen molar-refractivity contribution in [1.29, 1.82) is 5.26 Å². The number of hydrogen-bond donors (Lipinski definition) is 1. The Labute approximate surface area is 94.1 Å². The molecular weight excluding hydrogens is 198 g/mol. The molecule has 3 nitrogen and oxygen atoms in total. The number of anilines is 1. The molecule has 1 aliphatic carbocycles. The summed E-state index contributed by atoms with van der Waals surface area (Å²) in [5.41, 5.74) is 7.80. The van der Waals surface area contributed by atoms with Gasteiger partial charge in [-0.15, -0.1) is 0 Å². The van der Waals surface area contributed by atoms with Crippen molar-refractivity contribution < 1.29 is 0 Å². The van der Waals surface area contributed by atoms with Crippen molar-refractivity contribution in [1.82, 2.24) is 4.57 Å². The molecule has 2 N–H and O–H groups in total. The average Bonchev–Trinajstić information content (AvgIpc) is 2.50. The van der Waals surface area contributed by atoms with Gasteiger partial charge < -0.3 is 10.3 Å². The highest BCUT2D eigenvalue weighted by Gasteiger charge is 2.25. The fourth-order valence-corrected chi connectivity index (χ4v) is 2.44. The lowest BCUT2D eigenvalue weighted by molar-refractivity contribution is 0.325. The minimum Gasteiger partial charge on any atom is -0.384 e. The lowest BCUT2D eigenvalue weighted by Crippen LogP contribution is -2.18. The Balaban J connectivity index is 2.34. The van der Waals surface area contributed by atoms with Gasteiger partial charge in [0.15, 0.2) is 0 Å². The van der Waals surface area contributed by atoms with E-state index in [9.17, 15) is 0 Å². The molecule has 1 fully saturated rings. The van der Waals surface area contributed by atoms with Gasteiger partial charge in [0.05, 0.1) is 5.52 Å². The third-order valence-electron chi connectivity index (χ3n) is 3.50. The maximum absolute atomic E-state index is 9.16. The number of nitrogens with two attached hydrogens (primary N) is 1. The van der Waals surface area contributed by atoms with Gasteiger partial charge in [0.2, 0.25) is 0 Å². The van der Waals surface area contributed by atoms with Crippen LogP contribution in [-0.2, 0) is 0 Å². The Bertz CT molecular complexity index is 585. The van der Waals surface area contributed by atoms with Gasteiger partial charge in [0.1, 0.15) is 17.5 Å². The number of rotatable bonds is 1. The summed E-state index contributed by atoms with van der Waals surface area (Å²) in [6, 6.07) is 10.7. The van der Waals surface area contributed by atoms with E-state index in [1.807, 2.05) is 24.3 Å². The third-order valence-corrected chi connectivity index (χ3v) is 3.50. The minimum atomic E-state index is 0.493. The topological polar surface area (TPSA) is 54.7 Å². The Morgan fingerprint density at radius 2 is 2.06 bits per heavy atom. The number of nitriles is 1. The first-order chi connectivity index (χ1) is 7.83. The van der Waals surface area contributed by atoms with Crippen LogP contribution in [0.5, 0.6) is 0 Å². The van der Waals surface area contributed by atoms with E-state index in [1.54, 1.807) is 0 Å². The molecular formula is C13H13N3. The van der Waals surface area contributed by atoms with Crippen LogP contribution in [0.3, 0.4) is 0 Å². The predicted molar refractivity (Wildman–Crippen MR) is 64.0 cm³/mol. The Morgan fingerprint density at radius 1 is 1.31 bits per heavy atom. The SMILES string of the molecule is N#Cc1c(N)n(C2CCC2)c2ccccc12. The van der Waals surface area contributed by atoms with Gasteiger partial charge in [-0.2, -0.15) is 5.26 Å². The largest absolute Gasteiger partial charge is 0.384 e. The Hall–Kier alpha value is -1.95. The van der Waals surface area contributed by atoms with E-state index < -0.39 is 0 Å². The number of nitrogen functional groups attached to an aromatic ring is 1. The zero-order chi connectivity index (χ0) is 11.1. The molecule has 0 spiro atoms. The Kier molecular flexibility index (Phi) is 1.90.